The number of rotatable bonds is 7. The predicted molar refractivity (Wildman–Crippen MR) is 79.0 cm³/mol. The van der Waals surface area contributed by atoms with Crippen molar-refractivity contribution in [2.75, 3.05) is 19.4 Å². The molecule has 0 saturated carbocycles. The van der Waals surface area contributed by atoms with Crippen LogP contribution < -0.4 is 5.32 Å². The average molecular weight is 295 g/mol. The second kappa shape index (κ2) is 8.21. The van der Waals surface area contributed by atoms with Crippen molar-refractivity contribution < 1.29 is 9.53 Å². The Labute approximate surface area is 123 Å². The zero-order valence-corrected chi connectivity index (χ0v) is 12.6. The molecule has 2 heterocycles. The number of nitrogens with one attached hydrogen (secondary N) is 1. The summed E-state index contributed by atoms with van der Waals surface area (Å²) in [5.41, 5.74) is 0.516. The van der Waals surface area contributed by atoms with E-state index < -0.39 is 0 Å². The summed E-state index contributed by atoms with van der Waals surface area (Å²) >= 11 is 1.46. The maximum atomic E-state index is 11.8. The summed E-state index contributed by atoms with van der Waals surface area (Å²) in [5.74, 6) is -0.102. The van der Waals surface area contributed by atoms with Gasteiger partial charge in [0.25, 0.3) is 5.91 Å². The molecule has 0 unspecified atom stereocenters. The number of unbranched alkanes of at least 4 members (excludes halogenated alkanes) is 1. The minimum Gasteiger partial charge on any atom is -0.378 e. The number of ether oxygens (including phenoxy) is 1. The Balaban J connectivity index is 1.61. The summed E-state index contributed by atoms with van der Waals surface area (Å²) in [6.07, 6.45) is 11.0. The first-order valence-corrected chi connectivity index (χ1v) is 8.28. The summed E-state index contributed by atoms with van der Waals surface area (Å²) < 4.78 is 5.57. The summed E-state index contributed by atoms with van der Waals surface area (Å²) in [4.78, 5) is 20.0. The van der Waals surface area contributed by atoms with Gasteiger partial charge in [-0.15, -0.1) is 0 Å². The largest absolute Gasteiger partial charge is 0.378 e. The molecule has 1 N–H and O–H groups in total. The molecule has 0 bridgehead atoms. The monoisotopic (exact) mass is 295 g/mol. The van der Waals surface area contributed by atoms with E-state index in [0.717, 1.165) is 25.9 Å². The Kier molecular flexibility index (Phi) is 6.26. The van der Waals surface area contributed by atoms with E-state index in [0.29, 0.717) is 23.4 Å². The van der Waals surface area contributed by atoms with E-state index in [1.165, 1.54) is 24.6 Å². The van der Waals surface area contributed by atoms with Crippen LogP contribution in [0.3, 0.4) is 0 Å². The fourth-order valence-corrected chi connectivity index (χ4v) is 2.53. The lowest BCUT2D eigenvalue weighted by atomic mass is 10.1. The van der Waals surface area contributed by atoms with Gasteiger partial charge in [0.15, 0.2) is 5.16 Å². The molecular weight excluding hydrogens is 274 g/mol. The standard InChI is InChI=1S/C14H21N3O2S/c1-20-14-16-9-11(10-17-14)13(18)15-7-3-2-5-12-6-4-8-19-12/h9-10,12H,2-8H2,1H3,(H,15,18)/t12-/m1/s1. The molecule has 0 aromatic carbocycles. The Hall–Kier alpha value is -1.14. The Morgan fingerprint density at radius 2 is 2.25 bits per heavy atom. The minimum atomic E-state index is -0.102. The van der Waals surface area contributed by atoms with Gasteiger partial charge in [-0.2, -0.15) is 0 Å². The highest BCUT2D eigenvalue weighted by atomic mass is 32.2. The maximum Gasteiger partial charge on any atom is 0.254 e. The summed E-state index contributed by atoms with van der Waals surface area (Å²) in [6, 6.07) is 0. The van der Waals surface area contributed by atoms with E-state index in [1.807, 2.05) is 6.26 Å². The molecule has 6 heteroatoms. The highest BCUT2D eigenvalue weighted by Crippen LogP contribution is 2.17. The highest BCUT2D eigenvalue weighted by Gasteiger charge is 2.14. The zero-order chi connectivity index (χ0) is 14.2. The van der Waals surface area contributed by atoms with Crippen LogP contribution in [0.1, 0.15) is 42.5 Å². The first-order chi connectivity index (χ1) is 9.79. The van der Waals surface area contributed by atoms with Gasteiger partial charge >= 0.3 is 0 Å². The van der Waals surface area contributed by atoms with Crippen LogP contribution in [0, 0.1) is 0 Å². The van der Waals surface area contributed by atoms with Gasteiger partial charge in [0, 0.05) is 25.5 Å². The average Bonchev–Trinajstić information content (AvgIpc) is 3.00. The molecule has 1 aromatic heterocycles. The minimum absolute atomic E-state index is 0.102. The van der Waals surface area contributed by atoms with E-state index in [-0.39, 0.29) is 5.91 Å². The SMILES string of the molecule is CSc1ncc(C(=O)NCCCC[C@@H]2CCCO2)cn1. The van der Waals surface area contributed by atoms with Crippen molar-refractivity contribution in [3.8, 4) is 0 Å². The highest BCUT2D eigenvalue weighted by molar-refractivity contribution is 7.98. The van der Waals surface area contributed by atoms with Crippen LogP contribution in [0.15, 0.2) is 17.6 Å². The summed E-state index contributed by atoms with van der Waals surface area (Å²) in [5, 5.41) is 3.57. The smallest absolute Gasteiger partial charge is 0.254 e. The van der Waals surface area contributed by atoms with Crippen LogP contribution in [0.2, 0.25) is 0 Å². The van der Waals surface area contributed by atoms with E-state index in [4.69, 9.17) is 4.74 Å². The van der Waals surface area contributed by atoms with Gasteiger partial charge in [-0.05, 0) is 38.4 Å². The number of nitrogens with zero attached hydrogens (tertiary/aromatic N) is 2. The number of carbonyl (C=O) groups is 1. The van der Waals surface area contributed by atoms with E-state index >= 15 is 0 Å². The molecule has 110 valence electrons. The van der Waals surface area contributed by atoms with Crippen molar-refractivity contribution in [3.05, 3.63) is 18.0 Å². The van der Waals surface area contributed by atoms with Gasteiger partial charge < -0.3 is 10.1 Å². The third-order valence-corrected chi connectivity index (χ3v) is 3.91. The number of thioether (sulfide) groups is 1. The fourth-order valence-electron chi connectivity index (χ4n) is 2.21. The van der Waals surface area contributed by atoms with Crippen molar-refractivity contribution >= 4 is 17.7 Å². The first-order valence-electron chi connectivity index (χ1n) is 7.05. The molecule has 0 radical (unpaired) electrons. The quantitative estimate of drug-likeness (QED) is 0.475. The topological polar surface area (TPSA) is 64.1 Å². The van der Waals surface area contributed by atoms with E-state index in [2.05, 4.69) is 15.3 Å². The molecule has 1 saturated heterocycles. The first kappa shape index (κ1) is 15.3. The molecule has 1 aromatic rings. The molecule has 1 aliphatic heterocycles. The molecule has 1 fully saturated rings. The third kappa shape index (κ3) is 4.76. The summed E-state index contributed by atoms with van der Waals surface area (Å²) in [7, 11) is 0. The van der Waals surface area contributed by atoms with Crippen molar-refractivity contribution in [2.24, 2.45) is 0 Å². The summed E-state index contributed by atoms with van der Waals surface area (Å²) in [6.45, 7) is 1.60. The lowest BCUT2D eigenvalue weighted by Gasteiger charge is -2.09. The lowest BCUT2D eigenvalue weighted by Crippen LogP contribution is -2.25. The fraction of sp³-hybridized carbons (Fsp3) is 0.643. The molecule has 1 amide bonds. The molecule has 0 aliphatic carbocycles. The van der Waals surface area contributed by atoms with Crippen molar-refractivity contribution in [3.63, 3.8) is 0 Å². The number of hydrogen-bond acceptors (Lipinski definition) is 5. The van der Waals surface area contributed by atoms with Crippen molar-refractivity contribution in [1.29, 1.82) is 0 Å². The van der Waals surface area contributed by atoms with Crippen LogP contribution in [-0.4, -0.2) is 41.4 Å². The normalized spacial score (nSPS) is 18.1. The third-order valence-electron chi connectivity index (χ3n) is 3.34. The Morgan fingerprint density at radius 3 is 2.90 bits per heavy atom. The molecule has 1 atom stereocenters. The van der Waals surface area contributed by atoms with Gasteiger partial charge in [-0.25, -0.2) is 9.97 Å². The van der Waals surface area contributed by atoms with Gasteiger partial charge in [0.1, 0.15) is 0 Å². The van der Waals surface area contributed by atoms with Crippen LogP contribution >= 0.6 is 11.8 Å². The van der Waals surface area contributed by atoms with Gasteiger partial charge in [-0.3, -0.25) is 4.79 Å². The number of aromatic nitrogens is 2. The van der Waals surface area contributed by atoms with Gasteiger partial charge in [-0.1, -0.05) is 11.8 Å². The Morgan fingerprint density at radius 1 is 1.45 bits per heavy atom. The van der Waals surface area contributed by atoms with E-state index in [1.54, 1.807) is 12.4 Å². The van der Waals surface area contributed by atoms with Crippen molar-refractivity contribution in [2.45, 2.75) is 43.4 Å². The molecule has 20 heavy (non-hydrogen) atoms. The Bertz CT molecular complexity index is 419. The van der Waals surface area contributed by atoms with E-state index in [9.17, 15) is 4.79 Å². The maximum absolute atomic E-state index is 11.8. The van der Waals surface area contributed by atoms with Crippen LogP contribution in [-0.2, 0) is 4.74 Å². The molecule has 2 rings (SSSR count). The zero-order valence-electron chi connectivity index (χ0n) is 11.8. The van der Waals surface area contributed by atoms with Crippen LogP contribution in [0.4, 0.5) is 0 Å². The lowest BCUT2D eigenvalue weighted by molar-refractivity contribution is 0.0946. The van der Waals surface area contributed by atoms with Crippen LogP contribution in [0.5, 0.6) is 0 Å². The number of amides is 1. The van der Waals surface area contributed by atoms with Crippen molar-refractivity contribution in [1.82, 2.24) is 15.3 Å². The molecule has 1 aliphatic rings. The second-order valence-electron chi connectivity index (χ2n) is 4.85. The molecule has 0 spiro atoms. The number of hydrogen-bond donors (Lipinski definition) is 1. The molecular formula is C14H21N3O2S. The second-order valence-corrected chi connectivity index (χ2v) is 5.62. The van der Waals surface area contributed by atoms with Crippen LogP contribution in [0.25, 0.3) is 0 Å². The molecule has 5 nitrogen and oxygen atoms in total. The predicted octanol–water partition coefficient (Wildman–Crippen LogP) is 2.28. The van der Waals surface area contributed by atoms with Gasteiger partial charge in [0.05, 0.1) is 11.7 Å². The van der Waals surface area contributed by atoms with Gasteiger partial charge in [0.2, 0.25) is 0 Å². The number of carbonyl (C=O) groups excluding carboxylic acids is 1.